The highest BCUT2D eigenvalue weighted by Gasteiger charge is 2.30. The highest BCUT2D eigenvalue weighted by molar-refractivity contribution is 7.89. The van der Waals surface area contributed by atoms with Crippen LogP contribution in [-0.2, 0) is 10.0 Å². The molecule has 0 radical (unpaired) electrons. The van der Waals surface area contributed by atoms with Gasteiger partial charge in [-0.1, -0.05) is 11.6 Å². The number of anilines is 1. The van der Waals surface area contributed by atoms with E-state index < -0.39 is 10.0 Å². The zero-order valence-electron chi connectivity index (χ0n) is 18.2. The molecule has 4 rings (SSSR count). The van der Waals surface area contributed by atoms with E-state index in [0.717, 1.165) is 62.9 Å². The number of nitrogens with zero attached hydrogens (tertiary/aromatic N) is 5. The number of sulfonamides is 1. The lowest BCUT2D eigenvalue weighted by atomic mass is 9.96. The Kier molecular flexibility index (Phi) is 6.81. The van der Waals surface area contributed by atoms with Crippen LogP contribution in [0.1, 0.15) is 24.4 Å². The molecule has 0 unspecified atom stereocenters. The van der Waals surface area contributed by atoms with Crippen LogP contribution in [0.5, 0.6) is 0 Å². The van der Waals surface area contributed by atoms with Crippen LogP contribution in [-0.4, -0.2) is 73.4 Å². The van der Waals surface area contributed by atoms with E-state index in [-0.39, 0.29) is 0 Å². The van der Waals surface area contributed by atoms with Crippen LogP contribution < -0.4 is 4.90 Å². The highest BCUT2D eigenvalue weighted by Crippen LogP contribution is 2.25. The molecule has 168 valence electrons. The van der Waals surface area contributed by atoms with Crippen LogP contribution >= 0.6 is 11.6 Å². The molecule has 7 nitrogen and oxygen atoms in total. The SMILES string of the molecule is Cc1cc(N2CCC(CN3CCN(S(=O)(=O)c4ccc(Cl)cc4)CC3)CC2)nc(C)n1. The van der Waals surface area contributed by atoms with Crippen molar-refractivity contribution in [1.29, 1.82) is 0 Å². The molecular formula is C22H30ClN5O2S. The average molecular weight is 464 g/mol. The van der Waals surface area contributed by atoms with Crippen LogP contribution in [0.25, 0.3) is 0 Å². The van der Waals surface area contributed by atoms with Crippen molar-refractivity contribution >= 4 is 27.4 Å². The normalized spacial score (nSPS) is 19.6. The molecule has 1 aromatic heterocycles. The molecule has 2 aromatic rings. The number of hydrogen-bond donors (Lipinski definition) is 0. The zero-order valence-corrected chi connectivity index (χ0v) is 19.7. The molecule has 2 fully saturated rings. The molecule has 0 saturated carbocycles. The Hall–Kier alpha value is -1.74. The van der Waals surface area contributed by atoms with E-state index in [1.807, 2.05) is 13.8 Å². The Morgan fingerprint density at radius 2 is 1.61 bits per heavy atom. The topological polar surface area (TPSA) is 69.6 Å². The van der Waals surface area contributed by atoms with Crippen molar-refractivity contribution in [2.75, 3.05) is 50.7 Å². The Morgan fingerprint density at radius 3 is 2.23 bits per heavy atom. The summed E-state index contributed by atoms with van der Waals surface area (Å²) in [4.78, 5) is 14.0. The minimum atomic E-state index is -3.45. The first-order valence-electron chi connectivity index (χ1n) is 10.9. The molecule has 0 bridgehead atoms. The van der Waals surface area contributed by atoms with Gasteiger partial charge in [0.15, 0.2) is 0 Å². The Bertz CT molecular complexity index is 979. The predicted octanol–water partition coefficient (Wildman–Crippen LogP) is 2.97. The lowest BCUT2D eigenvalue weighted by Gasteiger charge is -2.38. The number of hydrogen-bond acceptors (Lipinski definition) is 6. The van der Waals surface area contributed by atoms with E-state index in [1.165, 1.54) is 0 Å². The summed E-state index contributed by atoms with van der Waals surface area (Å²) in [7, 11) is -3.45. The lowest BCUT2D eigenvalue weighted by molar-refractivity contribution is 0.155. The molecule has 0 N–H and O–H groups in total. The van der Waals surface area contributed by atoms with Crippen molar-refractivity contribution in [1.82, 2.24) is 19.2 Å². The minimum Gasteiger partial charge on any atom is -0.356 e. The summed E-state index contributed by atoms with van der Waals surface area (Å²) in [5, 5.41) is 0.541. The van der Waals surface area contributed by atoms with Gasteiger partial charge in [-0.25, -0.2) is 18.4 Å². The summed E-state index contributed by atoms with van der Waals surface area (Å²) >= 11 is 5.89. The summed E-state index contributed by atoms with van der Waals surface area (Å²) in [6, 6.07) is 8.48. The number of piperazine rings is 1. The van der Waals surface area contributed by atoms with Crippen LogP contribution in [0.15, 0.2) is 35.2 Å². The van der Waals surface area contributed by atoms with Crippen molar-refractivity contribution in [3.8, 4) is 0 Å². The van der Waals surface area contributed by atoms with E-state index in [4.69, 9.17) is 11.6 Å². The quantitative estimate of drug-likeness (QED) is 0.679. The second-order valence-corrected chi connectivity index (χ2v) is 10.9. The number of halogens is 1. The molecule has 0 atom stereocenters. The van der Waals surface area contributed by atoms with Gasteiger partial charge in [0.05, 0.1) is 4.90 Å². The summed E-state index contributed by atoms with van der Waals surface area (Å²) in [6.07, 6.45) is 2.26. The van der Waals surface area contributed by atoms with Crippen molar-refractivity contribution < 1.29 is 8.42 Å². The van der Waals surface area contributed by atoms with Gasteiger partial charge in [0.1, 0.15) is 11.6 Å². The summed E-state index contributed by atoms with van der Waals surface area (Å²) in [5.74, 6) is 2.49. The number of rotatable bonds is 5. The highest BCUT2D eigenvalue weighted by atomic mass is 35.5. The largest absolute Gasteiger partial charge is 0.356 e. The molecule has 9 heteroatoms. The number of aromatic nitrogens is 2. The predicted molar refractivity (Wildman–Crippen MR) is 123 cm³/mol. The van der Waals surface area contributed by atoms with Gasteiger partial charge in [0.25, 0.3) is 0 Å². The third kappa shape index (κ3) is 5.37. The van der Waals surface area contributed by atoms with Crippen molar-refractivity contribution in [2.45, 2.75) is 31.6 Å². The third-order valence-corrected chi connectivity index (χ3v) is 8.35. The minimum absolute atomic E-state index is 0.313. The van der Waals surface area contributed by atoms with E-state index >= 15 is 0 Å². The third-order valence-electron chi connectivity index (χ3n) is 6.19. The van der Waals surface area contributed by atoms with E-state index in [0.29, 0.717) is 28.9 Å². The Labute approximate surface area is 190 Å². The van der Waals surface area contributed by atoms with Crippen LogP contribution in [0.4, 0.5) is 5.82 Å². The van der Waals surface area contributed by atoms with Gasteiger partial charge in [-0.15, -0.1) is 0 Å². The second-order valence-electron chi connectivity index (χ2n) is 8.50. The van der Waals surface area contributed by atoms with Gasteiger partial charge < -0.3 is 9.80 Å². The monoisotopic (exact) mass is 463 g/mol. The van der Waals surface area contributed by atoms with Crippen molar-refractivity contribution in [3.63, 3.8) is 0 Å². The fourth-order valence-corrected chi connectivity index (χ4v) is 6.03. The van der Waals surface area contributed by atoms with E-state index in [9.17, 15) is 8.42 Å². The number of aryl methyl sites for hydroxylation is 2. The van der Waals surface area contributed by atoms with Gasteiger partial charge in [0, 0.05) is 62.6 Å². The first kappa shape index (κ1) is 22.5. The molecule has 2 aliphatic rings. The van der Waals surface area contributed by atoms with Gasteiger partial charge in [-0.3, -0.25) is 0 Å². The smallest absolute Gasteiger partial charge is 0.243 e. The molecule has 0 aliphatic carbocycles. The standard InChI is InChI=1S/C22H30ClN5O2S/c1-17-15-22(25-18(2)24-17)27-9-7-19(8-10-27)16-26-11-13-28(14-12-26)31(29,30)21-5-3-20(23)4-6-21/h3-6,15,19H,7-14,16H2,1-2H3. The molecule has 0 spiro atoms. The summed E-state index contributed by atoms with van der Waals surface area (Å²) < 4.78 is 27.3. The Balaban J connectivity index is 1.26. The fourth-order valence-electron chi connectivity index (χ4n) is 4.48. The maximum absolute atomic E-state index is 12.9. The van der Waals surface area contributed by atoms with Crippen LogP contribution in [0.3, 0.4) is 0 Å². The van der Waals surface area contributed by atoms with Crippen molar-refractivity contribution in [2.24, 2.45) is 5.92 Å². The van der Waals surface area contributed by atoms with E-state index in [2.05, 4.69) is 25.8 Å². The number of piperidine rings is 1. The van der Waals surface area contributed by atoms with Gasteiger partial charge in [0.2, 0.25) is 10.0 Å². The van der Waals surface area contributed by atoms with Crippen molar-refractivity contribution in [3.05, 3.63) is 46.9 Å². The van der Waals surface area contributed by atoms with Crippen LogP contribution in [0, 0.1) is 19.8 Å². The van der Waals surface area contributed by atoms with Crippen LogP contribution in [0.2, 0.25) is 5.02 Å². The molecular weight excluding hydrogens is 434 g/mol. The molecule has 2 saturated heterocycles. The van der Waals surface area contributed by atoms with E-state index in [1.54, 1.807) is 28.6 Å². The molecule has 2 aliphatic heterocycles. The maximum Gasteiger partial charge on any atom is 0.243 e. The first-order chi connectivity index (χ1) is 14.8. The number of benzene rings is 1. The van der Waals surface area contributed by atoms with Gasteiger partial charge in [-0.2, -0.15) is 4.31 Å². The molecule has 0 amide bonds. The summed E-state index contributed by atoms with van der Waals surface area (Å²) in [5.41, 5.74) is 1.01. The molecule has 31 heavy (non-hydrogen) atoms. The Morgan fingerprint density at radius 1 is 0.968 bits per heavy atom. The zero-order chi connectivity index (χ0) is 22.0. The second kappa shape index (κ2) is 9.40. The van der Waals surface area contributed by atoms with Gasteiger partial charge >= 0.3 is 0 Å². The average Bonchev–Trinajstić information content (AvgIpc) is 2.74. The first-order valence-corrected chi connectivity index (χ1v) is 12.7. The molecule has 3 heterocycles. The summed E-state index contributed by atoms with van der Waals surface area (Å²) in [6.45, 7) is 9.61. The molecule has 1 aromatic carbocycles. The fraction of sp³-hybridized carbons (Fsp3) is 0.545. The van der Waals surface area contributed by atoms with Gasteiger partial charge in [-0.05, 0) is 56.9 Å². The maximum atomic E-state index is 12.9. The lowest BCUT2D eigenvalue weighted by Crippen LogP contribution is -2.50.